The van der Waals surface area contributed by atoms with Crippen LogP contribution in [0.4, 0.5) is 0 Å². The van der Waals surface area contributed by atoms with Crippen molar-refractivity contribution in [1.82, 2.24) is 4.98 Å². The third-order valence-electron chi connectivity index (χ3n) is 3.13. The van der Waals surface area contributed by atoms with Gasteiger partial charge in [-0.25, -0.2) is 4.79 Å². The summed E-state index contributed by atoms with van der Waals surface area (Å²) in [6.07, 6.45) is 8.35. The summed E-state index contributed by atoms with van der Waals surface area (Å²) in [5, 5.41) is 0.815. The second-order valence-electron chi connectivity index (χ2n) is 4.65. The predicted octanol–water partition coefficient (Wildman–Crippen LogP) is 3.75. The zero-order valence-corrected chi connectivity index (χ0v) is 11.2. The lowest BCUT2D eigenvalue weighted by Crippen LogP contribution is -2.07. The topological polar surface area (TPSA) is 39.2 Å². The number of aryl methyl sites for hydroxylation is 1. The molecule has 3 nitrogen and oxygen atoms in total. The van der Waals surface area contributed by atoms with Crippen molar-refractivity contribution in [3.05, 3.63) is 72.0 Å². The highest BCUT2D eigenvalue weighted by Crippen LogP contribution is 2.21. The molecule has 0 unspecified atom stereocenters. The molecule has 1 aliphatic carbocycles. The van der Waals surface area contributed by atoms with Gasteiger partial charge < -0.3 is 4.74 Å². The number of allylic oxidation sites excluding steroid dienone is 3. The molecule has 1 aromatic carbocycles. The molecule has 1 radical (unpaired) electrons. The molecule has 1 aromatic heterocycles. The predicted molar refractivity (Wildman–Crippen MR) is 78.0 cm³/mol. The fourth-order valence-electron chi connectivity index (χ4n) is 2.21. The van der Waals surface area contributed by atoms with Gasteiger partial charge in [0.15, 0.2) is 0 Å². The van der Waals surface area contributed by atoms with Gasteiger partial charge in [-0.3, -0.25) is 4.98 Å². The molecule has 0 fully saturated rings. The number of aromatic nitrogens is 1. The number of hydrogen-bond donors (Lipinski definition) is 0. The quantitative estimate of drug-likeness (QED) is 0.775. The molecule has 0 amide bonds. The van der Waals surface area contributed by atoms with E-state index in [1.807, 2.05) is 49.8 Å². The summed E-state index contributed by atoms with van der Waals surface area (Å²) >= 11 is 0. The second kappa shape index (κ2) is 5.29. The Kier molecular flexibility index (Phi) is 3.33. The Bertz CT molecular complexity index is 729. The van der Waals surface area contributed by atoms with Gasteiger partial charge in [-0.05, 0) is 44.1 Å². The fraction of sp³-hybridized carbons (Fsp3) is 0.118. The number of rotatable bonds is 2. The van der Waals surface area contributed by atoms with E-state index in [0.717, 1.165) is 23.0 Å². The molecule has 0 N–H and O–H groups in total. The Morgan fingerprint density at radius 2 is 2.15 bits per heavy atom. The molecule has 20 heavy (non-hydrogen) atoms. The fourth-order valence-corrected chi connectivity index (χ4v) is 2.21. The number of hydrogen-bond acceptors (Lipinski definition) is 3. The zero-order chi connectivity index (χ0) is 13.9. The van der Waals surface area contributed by atoms with Crippen molar-refractivity contribution < 1.29 is 9.53 Å². The Morgan fingerprint density at radius 1 is 1.30 bits per heavy atom. The van der Waals surface area contributed by atoms with Crippen LogP contribution in [0.1, 0.15) is 22.5 Å². The Morgan fingerprint density at radius 3 is 2.95 bits per heavy atom. The van der Waals surface area contributed by atoms with Crippen molar-refractivity contribution in [1.29, 1.82) is 0 Å². The molecule has 3 heteroatoms. The zero-order valence-electron chi connectivity index (χ0n) is 11.2. The Hall–Kier alpha value is -2.42. The van der Waals surface area contributed by atoms with Crippen LogP contribution >= 0.6 is 0 Å². The maximum absolute atomic E-state index is 12.3. The molecule has 1 aliphatic rings. The van der Waals surface area contributed by atoms with Crippen LogP contribution in [-0.2, 0) is 4.74 Å². The van der Waals surface area contributed by atoms with Gasteiger partial charge in [0.25, 0.3) is 0 Å². The first-order valence-corrected chi connectivity index (χ1v) is 6.52. The summed E-state index contributed by atoms with van der Waals surface area (Å²) < 4.78 is 5.43. The second-order valence-corrected chi connectivity index (χ2v) is 4.65. The van der Waals surface area contributed by atoms with E-state index in [0.29, 0.717) is 11.3 Å². The van der Waals surface area contributed by atoms with Gasteiger partial charge >= 0.3 is 5.97 Å². The van der Waals surface area contributed by atoms with Crippen LogP contribution in [0, 0.1) is 13.3 Å². The summed E-state index contributed by atoms with van der Waals surface area (Å²) in [5.74, 6) is 0.251. The van der Waals surface area contributed by atoms with Crippen molar-refractivity contribution in [2.24, 2.45) is 0 Å². The molecular weight excluding hydrogens is 250 g/mol. The molecule has 0 aliphatic heterocycles. The van der Waals surface area contributed by atoms with Crippen molar-refractivity contribution >= 4 is 16.9 Å². The summed E-state index contributed by atoms with van der Waals surface area (Å²) in [5.41, 5.74) is 2.16. The lowest BCUT2D eigenvalue weighted by Gasteiger charge is -2.10. The molecule has 0 bridgehead atoms. The third kappa shape index (κ3) is 2.48. The molecule has 1 heterocycles. The highest BCUT2D eigenvalue weighted by atomic mass is 16.5. The van der Waals surface area contributed by atoms with Gasteiger partial charge in [-0.15, -0.1) is 0 Å². The maximum Gasteiger partial charge on any atom is 0.344 e. The molecule has 0 saturated heterocycles. The monoisotopic (exact) mass is 264 g/mol. The van der Waals surface area contributed by atoms with Crippen LogP contribution in [0.5, 0.6) is 0 Å². The van der Waals surface area contributed by atoms with E-state index < -0.39 is 0 Å². The standard InChI is InChI=1S/C17H14NO2/c1-12-11-15(14-9-5-6-10-16(14)18-12)17(19)20-13-7-3-2-4-8-13/h2-3,5-11H,4H2,1H3. The van der Waals surface area contributed by atoms with Gasteiger partial charge in [-0.1, -0.05) is 24.3 Å². The van der Waals surface area contributed by atoms with E-state index in [2.05, 4.69) is 4.98 Å². The maximum atomic E-state index is 12.3. The largest absolute Gasteiger partial charge is 0.423 e. The van der Waals surface area contributed by atoms with Crippen molar-refractivity contribution in [2.45, 2.75) is 13.3 Å². The molecule has 0 saturated carbocycles. The summed E-state index contributed by atoms with van der Waals surface area (Å²) in [7, 11) is 0. The highest BCUT2D eigenvalue weighted by molar-refractivity contribution is 6.03. The van der Waals surface area contributed by atoms with Crippen molar-refractivity contribution in [2.75, 3.05) is 0 Å². The Balaban J connectivity index is 1.98. The third-order valence-corrected chi connectivity index (χ3v) is 3.13. The average molecular weight is 264 g/mol. The molecule has 0 atom stereocenters. The van der Waals surface area contributed by atoms with Crippen molar-refractivity contribution in [3.63, 3.8) is 0 Å². The number of para-hydroxylation sites is 1. The molecule has 99 valence electrons. The molecule has 3 rings (SSSR count). The smallest absolute Gasteiger partial charge is 0.344 e. The summed E-state index contributed by atoms with van der Waals surface area (Å²) in [6, 6.07) is 9.35. The lowest BCUT2D eigenvalue weighted by atomic mass is 10.1. The van der Waals surface area contributed by atoms with Crippen LogP contribution in [0.2, 0.25) is 0 Å². The molecule has 2 aromatic rings. The number of fused-ring (bicyclic) bond motifs is 1. The van der Waals surface area contributed by atoms with Crippen LogP contribution in [-0.4, -0.2) is 11.0 Å². The number of carbonyl (C=O) groups excluding carboxylic acids is 1. The number of nitrogens with zero attached hydrogens (tertiary/aromatic N) is 1. The van der Waals surface area contributed by atoms with E-state index in [4.69, 9.17) is 4.74 Å². The lowest BCUT2D eigenvalue weighted by molar-refractivity contribution is 0.0637. The van der Waals surface area contributed by atoms with Crippen LogP contribution in [0.25, 0.3) is 10.9 Å². The van der Waals surface area contributed by atoms with Gasteiger partial charge in [-0.2, -0.15) is 0 Å². The van der Waals surface area contributed by atoms with Crippen LogP contribution in [0.3, 0.4) is 0 Å². The highest BCUT2D eigenvalue weighted by Gasteiger charge is 2.14. The minimum atomic E-state index is -0.343. The first kappa shape index (κ1) is 12.6. The number of benzene rings is 1. The first-order valence-electron chi connectivity index (χ1n) is 6.52. The van der Waals surface area contributed by atoms with E-state index >= 15 is 0 Å². The van der Waals surface area contributed by atoms with Crippen LogP contribution in [0.15, 0.2) is 54.3 Å². The van der Waals surface area contributed by atoms with E-state index in [9.17, 15) is 4.79 Å². The van der Waals surface area contributed by atoms with E-state index in [1.54, 1.807) is 12.1 Å². The van der Waals surface area contributed by atoms with E-state index in [1.165, 1.54) is 0 Å². The summed E-state index contributed by atoms with van der Waals surface area (Å²) in [4.78, 5) is 16.8. The number of carbonyl (C=O) groups is 1. The van der Waals surface area contributed by atoms with Gasteiger partial charge in [0, 0.05) is 11.1 Å². The minimum absolute atomic E-state index is 0.343. The number of ether oxygens (including phenoxy) is 1. The number of pyridine rings is 1. The van der Waals surface area contributed by atoms with Gasteiger partial charge in [0.05, 0.1) is 11.1 Å². The number of esters is 1. The first-order chi connectivity index (χ1) is 9.74. The molecular formula is C17H14NO2. The normalized spacial score (nSPS) is 14.2. The minimum Gasteiger partial charge on any atom is -0.423 e. The summed E-state index contributed by atoms with van der Waals surface area (Å²) in [6.45, 7) is 1.87. The van der Waals surface area contributed by atoms with Crippen molar-refractivity contribution in [3.8, 4) is 0 Å². The molecule has 0 spiro atoms. The average Bonchev–Trinajstić information content (AvgIpc) is 2.47. The SMILES string of the molecule is Cc1cc(C(=O)OC2=CC[CH]C=C2)c2ccccc2n1. The van der Waals surface area contributed by atoms with Gasteiger partial charge in [0.2, 0.25) is 0 Å². The van der Waals surface area contributed by atoms with Gasteiger partial charge in [0.1, 0.15) is 5.76 Å². The van der Waals surface area contributed by atoms with E-state index in [-0.39, 0.29) is 5.97 Å². The van der Waals surface area contributed by atoms with Crippen LogP contribution < -0.4 is 0 Å². The Labute approximate surface area is 117 Å².